The van der Waals surface area contributed by atoms with Crippen molar-refractivity contribution in [3.8, 4) is 11.7 Å². The van der Waals surface area contributed by atoms with Gasteiger partial charge >= 0.3 is 6.18 Å². The average molecular weight is 679 g/mol. The number of nitrogens with one attached hydrogen (secondary N) is 2. The van der Waals surface area contributed by atoms with Crippen LogP contribution in [-0.2, 0) is 0 Å². The summed E-state index contributed by atoms with van der Waals surface area (Å²) in [5.74, 6) is 1.93. The molecule has 1 saturated carbocycles. The molecule has 7 rings (SSSR count). The van der Waals surface area contributed by atoms with Gasteiger partial charge < -0.3 is 15.0 Å². The molecule has 1 aliphatic carbocycles. The van der Waals surface area contributed by atoms with Gasteiger partial charge in [0.2, 0.25) is 5.88 Å². The molecule has 4 aromatic heterocycles. The maximum atomic E-state index is 13.7. The van der Waals surface area contributed by atoms with Crippen LogP contribution in [0, 0.1) is 11.3 Å². The second-order valence-corrected chi connectivity index (χ2v) is 14.3. The molecule has 2 atom stereocenters. The molecule has 1 saturated heterocycles. The fourth-order valence-corrected chi connectivity index (χ4v) is 7.35. The minimum atomic E-state index is -4.22. The second-order valence-electron chi connectivity index (χ2n) is 13.4. The van der Waals surface area contributed by atoms with Crippen molar-refractivity contribution >= 4 is 29.5 Å². The number of carbonyl (C=O) groups excluding carboxylic acids is 1. The molecule has 252 valence electrons. The van der Waals surface area contributed by atoms with E-state index in [-0.39, 0.29) is 49.2 Å². The van der Waals surface area contributed by atoms with E-state index in [1.165, 1.54) is 4.68 Å². The Kier molecular flexibility index (Phi) is 8.46. The number of hydrogen-bond acceptors (Lipinski definition) is 9. The van der Waals surface area contributed by atoms with E-state index in [9.17, 15) is 18.0 Å². The molecule has 10 nitrogen and oxygen atoms in total. The third-order valence-electron chi connectivity index (χ3n) is 9.61. The van der Waals surface area contributed by atoms with Gasteiger partial charge in [0.25, 0.3) is 5.91 Å². The molecule has 4 aromatic rings. The zero-order chi connectivity index (χ0) is 33.5. The second kappa shape index (κ2) is 12.6. The lowest BCUT2D eigenvalue weighted by molar-refractivity contribution is -0.190. The minimum absolute atomic E-state index is 0.0488. The first-order valence-electron chi connectivity index (χ1n) is 16.2. The van der Waals surface area contributed by atoms with Crippen LogP contribution in [0.15, 0.2) is 72.0 Å². The van der Waals surface area contributed by atoms with Crippen molar-refractivity contribution in [2.45, 2.75) is 75.2 Å². The quantitative estimate of drug-likeness (QED) is 0.205. The summed E-state index contributed by atoms with van der Waals surface area (Å²) in [4.78, 5) is 30.3. The molecule has 48 heavy (non-hydrogen) atoms. The highest BCUT2D eigenvalue weighted by molar-refractivity contribution is 7.97. The highest BCUT2D eigenvalue weighted by Gasteiger charge is 2.62. The van der Waals surface area contributed by atoms with E-state index in [1.807, 2.05) is 36.4 Å². The SMILES string of the molecule is CC1(C)CC2CCC(c3ccccn3)Nc3cccc(n3)SNC(=O)c3ccc(-n4ccc(OCCC5(C(F)(F)F)CC5)n4)nc3N1C2. The van der Waals surface area contributed by atoms with Crippen molar-refractivity contribution < 1.29 is 22.7 Å². The Hall–Kier alpha value is -4.33. The number of fused-ring (bicyclic) bond motifs is 6. The summed E-state index contributed by atoms with van der Waals surface area (Å²) in [6.45, 7) is 4.95. The predicted octanol–water partition coefficient (Wildman–Crippen LogP) is 7.16. The van der Waals surface area contributed by atoms with Crippen LogP contribution in [0.3, 0.4) is 0 Å². The van der Waals surface area contributed by atoms with Gasteiger partial charge in [0.1, 0.15) is 16.7 Å². The Bertz CT molecular complexity index is 1780. The van der Waals surface area contributed by atoms with E-state index in [4.69, 9.17) is 14.7 Å². The van der Waals surface area contributed by atoms with Crippen molar-refractivity contribution in [1.82, 2.24) is 29.5 Å². The molecule has 0 aromatic carbocycles. The molecular formula is C34H37F3N8O2S. The Labute approximate surface area is 281 Å². The van der Waals surface area contributed by atoms with Crippen LogP contribution < -0.4 is 19.7 Å². The van der Waals surface area contributed by atoms with Crippen LogP contribution >= 0.6 is 11.9 Å². The van der Waals surface area contributed by atoms with Gasteiger partial charge in [-0.3, -0.25) is 14.5 Å². The van der Waals surface area contributed by atoms with Gasteiger partial charge in [-0.15, -0.1) is 5.10 Å². The van der Waals surface area contributed by atoms with Crippen LogP contribution in [0.4, 0.5) is 24.8 Å². The number of rotatable bonds is 6. The van der Waals surface area contributed by atoms with Gasteiger partial charge in [-0.1, -0.05) is 12.1 Å². The number of aromatic nitrogens is 5. The van der Waals surface area contributed by atoms with Crippen LogP contribution in [0.25, 0.3) is 5.82 Å². The summed E-state index contributed by atoms with van der Waals surface area (Å²) in [6, 6.07) is 16.6. The summed E-state index contributed by atoms with van der Waals surface area (Å²) >= 11 is 1.13. The van der Waals surface area contributed by atoms with Crippen LogP contribution in [-0.4, -0.2) is 55.5 Å². The molecule has 6 heterocycles. The molecule has 1 amide bonds. The van der Waals surface area contributed by atoms with E-state index >= 15 is 0 Å². The lowest BCUT2D eigenvalue weighted by Crippen LogP contribution is -2.40. The zero-order valence-corrected chi connectivity index (χ0v) is 27.5. The highest BCUT2D eigenvalue weighted by Crippen LogP contribution is 2.59. The molecule has 2 unspecified atom stereocenters. The Morgan fingerprint density at radius 1 is 1.04 bits per heavy atom. The lowest BCUT2D eigenvalue weighted by atomic mass is 9.91. The zero-order valence-electron chi connectivity index (χ0n) is 26.7. The van der Waals surface area contributed by atoms with Gasteiger partial charge in [0, 0.05) is 42.5 Å². The fraction of sp³-hybridized carbons (Fsp3) is 0.441. The standard InChI is InChI=1S/C34H37F3N8O2S/c1-32(2)20-22-9-11-25(24-6-3-4-17-38-24)39-26-7-5-8-29(40-26)48-43-31(46)23-10-12-27(41-30(23)44(32)21-22)45-18-13-28(42-45)47-19-16-33(14-15-33)34(35,36)37/h3-8,10,12-13,17-18,22,25H,9,11,14-16,19-21H2,1-2H3,(H,39,40)(H,43,46). The normalized spacial score (nSPS) is 21.7. The lowest BCUT2D eigenvalue weighted by Gasteiger charge is -2.34. The van der Waals surface area contributed by atoms with Crippen molar-refractivity contribution in [2.75, 3.05) is 23.4 Å². The molecule has 4 bridgehead atoms. The Morgan fingerprint density at radius 2 is 1.90 bits per heavy atom. The number of carbonyl (C=O) groups is 1. The average Bonchev–Trinajstić information content (AvgIpc) is 3.62. The van der Waals surface area contributed by atoms with E-state index in [1.54, 1.807) is 30.6 Å². The number of hydrogen-bond donors (Lipinski definition) is 2. The van der Waals surface area contributed by atoms with Gasteiger partial charge in [-0.05, 0) is 94.7 Å². The van der Waals surface area contributed by atoms with E-state index < -0.39 is 11.6 Å². The number of ether oxygens (including phenoxy) is 1. The monoisotopic (exact) mass is 678 g/mol. The molecule has 14 heteroatoms. The van der Waals surface area contributed by atoms with E-state index in [2.05, 4.69) is 38.9 Å². The number of alkyl halides is 3. The summed E-state index contributed by atoms with van der Waals surface area (Å²) < 4.78 is 50.1. The number of amides is 1. The fourth-order valence-electron chi connectivity index (χ4n) is 6.75. The van der Waals surface area contributed by atoms with Crippen molar-refractivity contribution in [3.05, 3.63) is 78.2 Å². The molecule has 2 fully saturated rings. The molecule has 2 aliphatic heterocycles. The Balaban J connectivity index is 1.16. The smallest absolute Gasteiger partial charge is 0.394 e. The maximum absolute atomic E-state index is 13.7. The van der Waals surface area contributed by atoms with Crippen LogP contribution in [0.2, 0.25) is 0 Å². The topological polar surface area (TPSA) is 110 Å². The predicted molar refractivity (Wildman–Crippen MR) is 176 cm³/mol. The number of halogens is 3. The molecule has 2 N–H and O–H groups in total. The van der Waals surface area contributed by atoms with Gasteiger partial charge in [-0.25, -0.2) is 14.6 Å². The van der Waals surface area contributed by atoms with Gasteiger partial charge in [0.15, 0.2) is 5.82 Å². The van der Waals surface area contributed by atoms with E-state index in [0.29, 0.717) is 40.5 Å². The third-order valence-corrected chi connectivity index (χ3v) is 10.3. The first kappa shape index (κ1) is 32.2. The third kappa shape index (κ3) is 6.67. The summed E-state index contributed by atoms with van der Waals surface area (Å²) in [5.41, 5.74) is -0.574. The largest absolute Gasteiger partial charge is 0.477 e. The highest BCUT2D eigenvalue weighted by atomic mass is 32.2. The number of anilines is 2. The van der Waals surface area contributed by atoms with Gasteiger partial charge in [0.05, 0.1) is 29.3 Å². The van der Waals surface area contributed by atoms with Crippen molar-refractivity contribution in [3.63, 3.8) is 0 Å². The maximum Gasteiger partial charge on any atom is 0.394 e. The minimum Gasteiger partial charge on any atom is -0.477 e. The van der Waals surface area contributed by atoms with E-state index in [0.717, 1.165) is 36.9 Å². The molecular weight excluding hydrogens is 641 g/mol. The summed E-state index contributed by atoms with van der Waals surface area (Å²) in [5, 5.41) is 8.64. The van der Waals surface area contributed by atoms with Crippen molar-refractivity contribution in [2.24, 2.45) is 11.3 Å². The van der Waals surface area contributed by atoms with Crippen LogP contribution in [0.1, 0.15) is 74.5 Å². The van der Waals surface area contributed by atoms with Crippen molar-refractivity contribution in [1.29, 1.82) is 0 Å². The summed E-state index contributed by atoms with van der Waals surface area (Å²) in [7, 11) is 0. The molecule has 0 radical (unpaired) electrons. The first-order chi connectivity index (χ1) is 23.0. The molecule has 3 aliphatic rings. The van der Waals surface area contributed by atoms with Crippen LogP contribution in [0.5, 0.6) is 5.88 Å². The van der Waals surface area contributed by atoms with Gasteiger partial charge in [-0.2, -0.15) is 13.2 Å². The number of nitrogens with zero attached hydrogens (tertiary/aromatic N) is 6. The first-order valence-corrected chi connectivity index (χ1v) is 17.0. The molecule has 0 spiro atoms. The Morgan fingerprint density at radius 3 is 2.67 bits per heavy atom. The summed E-state index contributed by atoms with van der Waals surface area (Å²) in [6.07, 6.45) is 2.06. The number of pyridine rings is 3.